The van der Waals surface area contributed by atoms with Gasteiger partial charge in [0.25, 0.3) is 0 Å². The average molecular weight is 448 g/mol. The molecule has 7 nitrogen and oxygen atoms in total. The van der Waals surface area contributed by atoms with Crippen molar-refractivity contribution >= 4 is 17.3 Å². The third kappa shape index (κ3) is 4.33. The van der Waals surface area contributed by atoms with Crippen LogP contribution in [0.5, 0.6) is 0 Å². The van der Waals surface area contributed by atoms with Gasteiger partial charge in [0, 0.05) is 35.2 Å². The van der Waals surface area contributed by atoms with Crippen molar-refractivity contribution in [3.8, 4) is 0 Å². The molecule has 1 atom stereocenters. The maximum absolute atomic E-state index is 13.9. The van der Waals surface area contributed by atoms with Gasteiger partial charge < -0.3 is 21.7 Å². The highest BCUT2D eigenvalue weighted by Gasteiger charge is 2.45. The van der Waals surface area contributed by atoms with E-state index in [1.807, 2.05) is 13.8 Å². The molecule has 172 valence electrons. The maximum atomic E-state index is 13.9. The van der Waals surface area contributed by atoms with Crippen molar-refractivity contribution in [3.05, 3.63) is 83.4 Å². The Bertz CT molecular complexity index is 1170. The van der Waals surface area contributed by atoms with E-state index in [1.165, 1.54) is 6.07 Å². The standard InChI is InChI=1S/C25H30FN7/c1-5-17(29-13-16-8-6-7-9-19(16)26)12-20(27)23-32-22(28)21-24(33-23)31-15(3)25(21,4)14(2)30-18-10-11-18/h6-9,12,18,27,29-30H,2-3,5,10-11,13H2,1,4H3,(H3,28,31,32,33)/b17-12-,27-20?. The van der Waals surface area contributed by atoms with E-state index >= 15 is 0 Å². The first-order valence-corrected chi connectivity index (χ1v) is 11.1. The third-order valence-corrected chi connectivity index (χ3v) is 6.27. The van der Waals surface area contributed by atoms with Gasteiger partial charge in [0.05, 0.1) is 11.0 Å². The van der Waals surface area contributed by atoms with Gasteiger partial charge in [-0.3, -0.25) is 5.41 Å². The minimum absolute atomic E-state index is 0.110. The number of nitrogens with zero attached hydrogens (tertiary/aromatic N) is 2. The summed E-state index contributed by atoms with van der Waals surface area (Å²) in [4.78, 5) is 9.00. The van der Waals surface area contributed by atoms with Crippen LogP contribution in [-0.2, 0) is 12.0 Å². The highest BCUT2D eigenvalue weighted by molar-refractivity contribution is 6.04. The van der Waals surface area contributed by atoms with Crippen LogP contribution < -0.4 is 21.7 Å². The van der Waals surface area contributed by atoms with E-state index < -0.39 is 5.41 Å². The SMILES string of the molecule is C=C1Nc2nc(C(=N)/C=C(/CC)NCc3ccccc3F)nc(N)c2C1(C)C(=C)NC1CC1. The molecule has 0 radical (unpaired) electrons. The van der Waals surface area contributed by atoms with E-state index in [-0.39, 0.29) is 23.2 Å². The molecular weight excluding hydrogens is 417 g/mol. The van der Waals surface area contributed by atoms with Crippen molar-refractivity contribution < 1.29 is 4.39 Å². The summed E-state index contributed by atoms with van der Waals surface area (Å²) in [6.45, 7) is 12.7. The van der Waals surface area contributed by atoms with Crippen LogP contribution in [0.1, 0.15) is 50.1 Å². The summed E-state index contributed by atoms with van der Waals surface area (Å²) < 4.78 is 13.9. The van der Waals surface area contributed by atoms with Gasteiger partial charge in [-0.1, -0.05) is 38.3 Å². The van der Waals surface area contributed by atoms with E-state index in [0.717, 1.165) is 35.5 Å². The largest absolute Gasteiger partial charge is 0.385 e. The molecule has 0 bridgehead atoms. The molecule has 0 saturated heterocycles. The second-order valence-corrected chi connectivity index (χ2v) is 8.66. The number of nitrogen functional groups attached to an aromatic ring is 1. The predicted molar refractivity (Wildman–Crippen MR) is 130 cm³/mol. The Morgan fingerprint density at radius 2 is 2.09 bits per heavy atom. The molecule has 1 fully saturated rings. The van der Waals surface area contributed by atoms with E-state index in [1.54, 1.807) is 24.3 Å². The number of nitrogens with two attached hydrogens (primary N) is 1. The van der Waals surface area contributed by atoms with Crippen LogP contribution in [0, 0.1) is 11.2 Å². The van der Waals surface area contributed by atoms with Crippen LogP contribution in [0.2, 0.25) is 0 Å². The molecule has 0 amide bonds. The quantitative estimate of drug-likeness (QED) is 0.370. The number of nitrogens with one attached hydrogen (secondary N) is 4. The Labute approximate surface area is 193 Å². The van der Waals surface area contributed by atoms with Gasteiger partial charge in [-0.25, -0.2) is 14.4 Å². The van der Waals surface area contributed by atoms with Gasteiger partial charge in [-0.2, -0.15) is 0 Å². The normalized spacial score (nSPS) is 19.6. The molecule has 6 N–H and O–H groups in total. The number of allylic oxidation sites excluding steroid dienone is 2. The first-order chi connectivity index (χ1) is 15.7. The number of hydrogen-bond donors (Lipinski definition) is 5. The van der Waals surface area contributed by atoms with Gasteiger partial charge in [0.1, 0.15) is 23.2 Å². The lowest BCUT2D eigenvalue weighted by atomic mass is 9.80. The Balaban J connectivity index is 1.56. The van der Waals surface area contributed by atoms with Crippen molar-refractivity contribution in [1.29, 1.82) is 5.41 Å². The molecule has 4 rings (SSSR count). The molecular formula is C25H30FN7. The summed E-state index contributed by atoms with van der Waals surface area (Å²) in [6.07, 6.45) is 4.54. The topological polar surface area (TPSA) is 112 Å². The molecule has 2 heterocycles. The lowest BCUT2D eigenvalue weighted by Crippen LogP contribution is -2.34. The lowest BCUT2D eigenvalue weighted by molar-refractivity contribution is 0.599. The van der Waals surface area contributed by atoms with Crippen LogP contribution in [-0.4, -0.2) is 21.7 Å². The van der Waals surface area contributed by atoms with Crippen molar-refractivity contribution in [1.82, 2.24) is 20.6 Å². The first-order valence-electron chi connectivity index (χ1n) is 11.1. The van der Waals surface area contributed by atoms with Crippen molar-refractivity contribution in [2.75, 3.05) is 11.1 Å². The van der Waals surface area contributed by atoms with Gasteiger partial charge in [-0.05, 0) is 38.3 Å². The second kappa shape index (κ2) is 8.69. The molecule has 0 spiro atoms. The summed E-state index contributed by atoms with van der Waals surface area (Å²) in [5.41, 5.74) is 9.42. The highest BCUT2D eigenvalue weighted by atomic mass is 19.1. The van der Waals surface area contributed by atoms with Gasteiger partial charge in [-0.15, -0.1) is 0 Å². The van der Waals surface area contributed by atoms with E-state index in [4.69, 9.17) is 11.1 Å². The van der Waals surface area contributed by atoms with E-state index in [0.29, 0.717) is 30.4 Å². The minimum atomic E-state index is -0.644. The van der Waals surface area contributed by atoms with Gasteiger partial charge >= 0.3 is 0 Å². The molecule has 2 aliphatic rings. The Morgan fingerprint density at radius 1 is 1.36 bits per heavy atom. The molecule has 1 aromatic heterocycles. The number of halogens is 1. The van der Waals surface area contributed by atoms with Gasteiger partial charge in [0.15, 0.2) is 5.82 Å². The molecule has 1 aliphatic heterocycles. The number of benzene rings is 1. The third-order valence-electron chi connectivity index (χ3n) is 6.27. The fourth-order valence-electron chi connectivity index (χ4n) is 3.92. The molecule has 1 saturated carbocycles. The molecule has 1 aromatic carbocycles. The summed E-state index contributed by atoms with van der Waals surface area (Å²) in [5.74, 6) is 0.768. The molecule has 33 heavy (non-hydrogen) atoms. The van der Waals surface area contributed by atoms with E-state index in [2.05, 4.69) is 39.1 Å². The summed E-state index contributed by atoms with van der Waals surface area (Å²) >= 11 is 0. The van der Waals surface area contributed by atoms with E-state index in [9.17, 15) is 4.39 Å². The lowest BCUT2D eigenvalue weighted by Gasteiger charge is -2.29. The molecule has 1 unspecified atom stereocenters. The molecule has 2 aromatic rings. The maximum Gasteiger partial charge on any atom is 0.181 e. The predicted octanol–water partition coefficient (Wildman–Crippen LogP) is 4.11. The summed E-state index contributed by atoms with van der Waals surface area (Å²) in [7, 11) is 0. The number of fused-ring (bicyclic) bond motifs is 1. The summed E-state index contributed by atoms with van der Waals surface area (Å²) in [5, 5.41) is 18.4. The summed E-state index contributed by atoms with van der Waals surface area (Å²) in [6, 6.07) is 7.05. The van der Waals surface area contributed by atoms with Crippen LogP contribution in [0.25, 0.3) is 0 Å². The van der Waals surface area contributed by atoms with Crippen molar-refractivity contribution in [3.63, 3.8) is 0 Å². The zero-order valence-electron chi connectivity index (χ0n) is 19.1. The highest BCUT2D eigenvalue weighted by Crippen LogP contribution is 2.48. The molecule has 1 aliphatic carbocycles. The Morgan fingerprint density at radius 3 is 2.76 bits per heavy atom. The number of anilines is 2. The first kappa shape index (κ1) is 22.5. The van der Waals surface area contributed by atoms with Gasteiger partial charge in [0.2, 0.25) is 0 Å². The fraction of sp³-hybridized carbons (Fsp3) is 0.320. The minimum Gasteiger partial charge on any atom is -0.385 e. The monoisotopic (exact) mass is 447 g/mol. The zero-order valence-corrected chi connectivity index (χ0v) is 19.1. The second-order valence-electron chi connectivity index (χ2n) is 8.66. The smallest absolute Gasteiger partial charge is 0.181 e. The number of hydrogen-bond acceptors (Lipinski definition) is 7. The number of aromatic nitrogens is 2. The fourth-order valence-corrected chi connectivity index (χ4v) is 3.92. The Hall–Kier alpha value is -3.68. The number of rotatable bonds is 9. The average Bonchev–Trinajstić information content (AvgIpc) is 3.55. The van der Waals surface area contributed by atoms with Crippen LogP contribution in [0.15, 0.2) is 60.6 Å². The van der Waals surface area contributed by atoms with Crippen LogP contribution >= 0.6 is 0 Å². The molecule has 8 heteroatoms. The Kier molecular flexibility index (Phi) is 5.93. The zero-order chi connectivity index (χ0) is 23.8. The van der Waals surface area contributed by atoms with Crippen molar-refractivity contribution in [2.45, 2.75) is 51.1 Å². The van der Waals surface area contributed by atoms with Crippen LogP contribution in [0.4, 0.5) is 16.0 Å². The van der Waals surface area contributed by atoms with Crippen LogP contribution in [0.3, 0.4) is 0 Å². The van der Waals surface area contributed by atoms with Crippen molar-refractivity contribution in [2.24, 2.45) is 0 Å².